The second kappa shape index (κ2) is 6.88. The van der Waals surface area contributed by atoms with Crippen LogP contribution in [0.15, 0.2) is 48.5 Å². The van der Waals surface area contributed by atoms with Crippen molar-refractivity contribution in [3.05, 3.63) is 70.2 Å². The molecule has 110 valence electrons. The molecule has 0 aliphatic rings. The topological polar surface area (TPSA) is 20.3 Å². The molecular formula is C18H20ClNO. The Morgan fingerprint density at radius 2 is 1.86 bits per heavy atom. The van der Waals surface area contributed by atoms with Crippen molar-refractivity contribution in [2.75, 3.05) is 7.05 Å². The lowest BCUT2D eigenvalue weighted by molar-refractivity contribution is 0.0862. The van der Waals surface area contributed by atoms with Crippen molar-refractivity contribution in [1.29, 1.82) is 0 Å². The van der Waals surface area contributed by atoms with Crippen molar-refractivity contribution in [2.45, 2.75) is 26.4 Å². The van der Waals surface area contributed by atoms with Crippen molar-refractivity contribution in [3.63, 3.8) is 0 Å². The van der Waals surface area contributed by atoms with Gasteiger partial charge >= 0.3 is 0 Å². The number of hydrogen-bond donors (Lipinski definition) is 0. The fourth-order valence-corrected chi connectivity index (χ4v) is 2.42. The Morgan fingerprint density at radius 1 is 1.19 bits per heavy atom. The molecule has 1 atom stereocenters. The highest BCUT2D eigenvalue weighted by Gasteiger charge is 2.19. The molecule has 0 amide bonds. The van der Waals surface area contributed by atoms with Crippen LogP contribution in [0.5, 0.6) is 0 Å². The molecule has 0 radical (unpaired) electrons. The maximum atomic E-state index is 12.5. The molecule has 0 spiro atoms. The Bertz CT molecular complexity index is 621. The van der Waals surface area contributed by atoms with Gasteiger partial charge in [-0.25, -0.2) is 0 Å². The molecule has 2 aromatic carbocycles. The zero-order chi connectivity index (χ0) is 15.4. The number of benzene rings is 2. The summed E-state index contributed by atoms with van der Waals surface area (Å²) >= 11 is 5.86. The summed E-state index contributed by atoms with van der Waals surface area (Å²) in [6.45, 7) is 4.76. The first-order chi connectivity index (χ1) is 9.97. The molecule has 0 aliphatic carbocycles. The highest BCUT2D eigenvalue weighted by atomic mass is 35.5. The largest absolute Gasteiger partial charge is 0.292 e. The third-order valence-corrected chi connectivity index (χ3v) is 3.94. The van der Waals surface area contributed by atoms with Crippen LogP contribution < -0.4 is 0 Å². The van der Waals surface area contributed by atoms with Crippen LogP contribution in [0, 0.1) is 6.92 Å². The zero-order valence-corrected chi connectivity index (χ0v) is 13.4. The molecule has 0 fully saturated rings. The molecule has 2 aromatic rings. The van der Waals surface area contributed by atoms with Crippen LogP contribution >= 0.6 is 11.6 Å². The number of nitrogens with zero attached hydrogens (tertiary/aromatic N) is 1. The molecule has 1 unspecified atom stereocenters. The smallest absolute Gasteiger partial charge is 0.179 e. The number of likely N-dealkylation sites (N-methyl/N-ethyl adjacent to an activating group) is 1. The van der Waals surface area contributed by atoms with Crippen LogP contribution in [-0.4, -0.2) is 23.8 Å². The molecule has 21 heavy (non-hydrogen) atoms. The predicted molar refractivity (Wildman–Crippen MR) is 87.9 cm³/mol. The maximum absolute atomic E-state index is 12.5. The first kappa shape index (κ1) is 15.7. The van der Waals surface area contributed by atoms with Gasteiger partial charge in [0.05, 0.1) is 6.04 Å². The van der Waals surface area contributed by atoms with Gasteiger partial charge in [-0.05, 0) is 50.7 Å². The van der Waals surface area contributed by atoms with Gasteiger partial charge in [0, 0.05) is 17.1 Å². The van der Waals surface area contributed by atoms with E-state index in [2.05, 4.69) is 30.0 Å². The van der Waals surface area contributed by atoms with E-state index in [1.807, 2.05) is 20.0 Å². The molecule has 0 aromatic heterocycles. The first-order valence-electron chi connectivity index (χ1n) is 7.03. The van der Waals surface area contributed by atoms with E-state index in [0.29, 0.717) is 10.6 Å². The summed E-state index contributed by atoms with van der Waals surface area (Å²) in [6.07, 6.45) is 0. The van der Waals surface area contributed by atoms with Crippen LogP contribution in [-0.2, 0) is 6.54 Å². The molecule has 0 bridgehead atoms. The summed E-state index contributed by atoms with van der Waals surface area (Å²) in [5.74, 6) is 0.113. The molecule has 2 rings (SSSR count). The number of ketones is 1. The predicted octanol–water partition coefficient (Wildman–Crippen LogP) is 4.35. The zero-order valence-electron chi connectivity index (χ0n) is 12.6. The Balaban J connectivity index is 2.06. The number of Topliss-reactive ketones (excluding diaryl/α,β-unsaturated/α-hetero) is 1. The summed E-state index contributed by atoms with van der Waals surface area (Å²) in [4.78, 5) is 14.5. The first-order valence-corrected chi connectivity index (χ1v) is 7.41. The van der Waals surface area contributed by atoms with E-state index >= 15 is 0 Å². The van der Waals surface area contributed by atoms with Crippen molar-refractivity contribution in [1.82, 2.24) is 4.90 Å². The van der Waals surface area contributed by atoms with Gasteiger partial charge in [0.2, 0.25) is 0 Å². The lowest BCUT2D eigenvalue weighted by atomic mass is 10.0. The average Bonchev–Trinajstić information content (AvgIpc) is 2.46. The lowest BCUT2D eigenvalue weighted by Gasteiger charge is -2.24. The Labute approximate surface area is 131 Å². The van der Waals surface area contributed by atoms with E-state index in [1.54, 1.807) is 24.3 Å². The van der Waals surface area contributed by atoms with Gasteiger partial charge in [-0.2, -0.15) is 0 Å². The number of halogens is 1. The minimum absolute atomic E-state index is 0.113. The van der Waals surface area contributed by atoms with Gasteiger partial charge < -0.3 is 0 Å². The number of carbonyl (C=O) groups is 1. The number of rotatable bonds is 5. The quantitative estimate of drug-likeness (QED) is 0.765. The third-order valence-electron chi connectivity index (χ3n) is 3.68. The molecule has 0 N–H and O–H groups in total. The molecule has 0 saturated heterocycles. The van der Waals surface area contributed by atoms with Crippen LogP contribution in [0.3, 0.4) is 0 Å². The minimum atomic E-state index is -0.174. The third kappa shape index (κ3) is 4.16. The maximum Gasteiger partial charge on any atom is 0.179 e. The molecule has 0 aliphatic heterocycles. The van der Waals surface area contributed by atoms with Crippen molar-refractivity contribution >= 4 is 17.4 Å². The van der Waals surface area contributed by atoms with Gasteiger partial charge in [-0.3, -0.25) is 9.69 Å². The van der Waals surface area contributed by atoms with Crippen molar-refractivity contribution in [3.8, 4) is 0 Å². The minimum Gasteiger partial charge on any atom is -0.292 e. The van der Waals surface area contributed by atoms with Crippen LogP contribution in [0.2, 0.25) is 5.02 Å². The summed E-state index contributed by atoms with van der Waals surface area (Å²) in [7, 11) is 1.97. The van der Waals surface area contributed by atoms with Crippen molar-refractivity contribution in [2.24, 2.45) is 0 Å². The summed E-state index contributed by atoms with van der Waals surface area (Å²) in [5.41, 5.74) is 3.15. The summed E-state index contributed by atoms with van der Waals surface area (Å²) in [6, 6.07) is 15.2. The number of carbonyl (C=O) groups excluding carboxylic acids is 1. The van der Waals surface area contributed by atoms with E-state index in [9.17, 15) is 4.79 Å². The second-order valence-corrected chi connectivity index (χ2v) is 5.89. The average molecular weight is 302 g/mol. The van der Waals surface area contributed by atoms with Gasteiger partial charge in [0.15, 0.2) is 5.78 Å². The van der Waals surface area contributed by atoms with Gasteiger partial charge in [0.25, 0.3) is 0 Å². The lowest BCUT2D eigenvalue weighted by Crippen LogP contribution is -2.35. The summed E-state index contributed by atoms with van der Waals surface area (Å²) < 4.78 is 0. The van der Waals surface area contributed by atoms with Crippen LogP contribution in [0.25, 0.3) is 0 Å². The highest BCUT2D eigenvalue weighted by molar-refractivity contribution is 6.30. The van der Waals surface area contributed by atoms with Crippen LogP contribution in [0.1, 0.15) is 28.4 Å². The van der Waals surface area contributed by atoms with E-state index in [0.717, 1.165) is 6.54 Å². The monoisotopic (exact) mass is 301 g/mol. The van der Waals surface area contributed by atoms with Gasteiger partial charge in [-0.15, -0.1) is 0 Å². The van der Waals surface area contributed by atoms with E-state index < -0.39 is 0 Å². The number of hydrogen-bond acceptors (Lipinski definition) is 2. The van der Waals surface area contributed by atoms with E-state index in [4.69, 9.17) is 11.6 Å². The normalized spacial score (nSPS) is 12.4. The Morgan fingerprint density at radius 3 is 2.48 bits per heavy atom. The molecule has 3 heteroatoms. The fourth-order valence-electron chi connectivity index (χ4n) is 2.29. The van der Waals surface area contributed by atoms with Crippen molar-refractivity contribution < 1.29 is 4.79 Å². The van der Waals surface area contributed by atoms with Gasteiger partial charge in [-0.1, -0.05) is 41.4 Å². The van der Waals surface area contributed by atoms with E-state index in [1.165, 1.54) is 11.1 Å². The highest BCUT2D eigenvalue weighted by Crippen LogP contribution is 2.15. The molecule has 0 heterocycles. The molecule has 2 nitrogen and oxygen atoms in total. The van der Waals surface area contributed by atoms with E-state index in [-0.39, 0.29) is 11.8 Å². The standard InChI is InChI=1S/C18H20ClNO/c1-13-5-4-6-15(11-13)12-20(3)14(2)18(21)16-7-9-17(19)10-8-16/h4-11,14H,12H2,1-3H3. The SMILES string of the molecule is Cc1cccc(CN(C)C(C)C(=O)c2ccc(Cl)cc2)c1. The summed E-state index contributed by atoms with van der Waals surface area (Å²) in [5, 5.41) is 0.646. The fraction of sp³-hybridized carbons (Fsp3) is 0.278. The molecular weight excluding hydrogens is 282 g/mol. The number of aryl methyl sites for hydroxylation is 1. The Kier molecular flexibility index (Phi) is 5.16. The van der Waals surface area contributed by atoms with Crippen LogP contribution in [0.4, 0.5) is 0 Å². The second-order valence-electron chi connectivity index (χ2n) is 5.45. The molecule has 0 saturated carbocycles. The van der Waals surface area contributed by atoms with Gasteiger partial charge in [0.1, 0.15) is 0 Å². The Hall–Kier alpha value is -1.64.